The van der Waals surface area contributed by atoms with Crippen LogP contribution in [0.2, 0.25) is 0 Å². The Labute approximate surface area is 128 Å². The van der Waals surface area contributed by atoms with E-state index in [1.54, 1.807) is 6.92 Å². The molecule has 2 rings (SSSR count). The molecule has 1 heterocycles. The minimum Gasteiger partial charge on any atom is -0.479 e. The van der Waals surface area contributed by atoms with Gasteiger partial charge in [0.1, 0.15) is 17.0 Å². The Morgan fingerprint density at radius 2 is 2.29 bits per heavy atom. The number of nitro groups is 1. The predicted molar refractivity (Wildman–Crippen MR) is 78.0 cm³/mol. The Morgan fingerprint density at radius 1 is 1.62 bits per heavy atom. The third-order valence-electron chi connectivity index (χ3n) is 3.98. The van der Waals surface area contributed by atoms with E-state index in [2.05, 4.69) is 15.9 Å². The second kappa shape index (κ2) is 5.59. The van der Waals surface area contributed by atoms with Crippen molar-refractivity contribution in [2.24, 2.45) is 0 Å². The van der Waals surface area contributed by atoms with Crippen molar-refractivity contribution in [2.75, 3.05) is 11.4 Å². The molecular weight excluding hydrogens is 347 g/mol. The highest BCUT2D eigenvalue weighted by atomic mass is 79.9. The molecule has 1 aromatic rings. The van der Waals surface area contributed by atoms with Crippen LogP contribution in [-0.2, 0) is 4.79 Å². The molecular formula is C13H14BrFN2O4. The van der Waals surface area contributed by atoms with Crippen LogP contribution in [0.15, 0.2) is 16.6 Å². The fraction of sp³-hybridized carbons (Fsp3) is 0.462. The molecule has 0 aromatic heterocycles. The lowest BCUT2D eigenvalue weighted by molar-refractivity contribution is -0.384. The van der Waals surface area contributed by atoms with Crippen LogP contribution in [0.3, 0.4) is 0 Å². The van der Waals surface area contributed by atoms with E-state index < -0.39 is 27.9 Å². The number of nitro benzene ring substituents is 1. The molecule has 1 N–H and O–H groups in total. The number of nitrogens with zero attached hydrogens (tertiary/aromatic N) is 2. The van der Waals surface area contributed by atoms with Gasteiger partial charge >= 0.3 is 5.97 Å². The molecule has 0 aliphatic carbocycles. The molecule has 1 aliphatic rings. The van der Waals surface area contributed by atoms with E-state index >= 15 is 0 Å². The molecule has 1 aromatic carbocycles. The molecule has 0 amide bonds. The van der Waals surface area contributed by atoms with Gasteiger partial charge in [-0.15, -0.1) is 0 Å². The lowest BCUT2D eigenvalue weighted by Crippen LogP contribution is -2.50. The highest BCUT2D eigenvalue weighted by Gasteiger charge is 2.48. The van der Waals surface area contributed by atoms with Gasteiger partial charge in [-0.25, -0.2) is 9.18 Å². The first-order valence-corrected chi connectivity index (χ1v) is 7.27. The molecule has 0 radical (unpaired) electrons. The Balaban J connectivity index is 2.62. The van der Waals surface area contributed by atoms with Gasteiger partial charge in [-0.3, -0.25) is 10.1 Å². The topological polar surface area (TPSA) is 83.7 Å². The van der Waals surface area contributed by atoms with Crippen LogP contribution in [0, 0.1) is 15.9 Å². The van der Waals surface area contributed by atoms with Crippen LogP contribution < -0.4 is 4.90 Å². The Kier molecular flexibility index (Phi) is 4.18. The quantitative estimate of drug-likeness (QED) is 0.657. The number of hydrogen-bond acceptors (Lipinski definition) is 4. The largest absolute Gasteiger partial charge is 0.479 e. The summed E-state index contributed by atoms with van der Waals surface area (Å²) in [6.07, 6.45) is 1.34. The summed E-state index contributed by atoms with van der Waals surface area (Å²) in [5.41, 5.74) is -1.46. The van der Waals surface area contributed by atoms with Crippen molar-refractivity contribution in [3.63, 3.8) is 0 Å². The first-order chi connectivity index (χ1) is 9.83. The van der Waals surface area contributed by atoms with Gasteiger partial charge in [0.2, 0.25) is 0 Å². The van der Waals surface area contributed by atoms with Crippen molar-refractivity contribution in [3.8, 4) is 0 Å². The van der Waals surface area contributed by atoms with Gasteiger partial charge in [0.05, 0.1) is 15.5 Å². The highest BCUT2D eigenvalue weighted by molar-refractivity contribution is 9.10. The predicted octanol–water partition coefficient (Wildman–Crippen LogP) is 3.33. The molecule has 0 saturated carbocycles. The number of benzene rings is 1. The summed E-state index contributed by atoms with van der Waals surface area (Å²) in [6.45, 7) is 2.12. The second-order valence-corrected chi connectivity index (χ2v) is 5.81. The zero-order chi connectivity index (χ0) is 15.8. The van der Waals surface area contributed by atoms with Crippen LogP contribution in [0.1, 0.15) is 26.2 Å². The van der Waals surface area contributed by atoms with Gasteiger partial charge in [0.15, 0.2) is 0 Å². The van der Waals surface area contributed by atoms with Crippen molar-refractivity contribution < 1.29 is 19.2 Å². The van der Waals surface area contributed by atoms with Crippen LogP contribution in [0.4, 0.5) is 15.8 Å². The van der Waals surface area contributed by atoms with E-state index in [0.29, 0.717) is 25.8 Å². The summed E-state index contributed by atoms with van der Waals surface area (Å²) >= 11 is 3.00. The maximum Gasteiger partial charge on any atom is 0.329 e. The number of halogens is 2. The number of carboxylic acids is 1. The molecule has 8 heteroatoms. The molecule has 0 spiro atoms. The minimum absolute atomic E-state index is 0.0744. The SMILES string of the molecule is CCC1(C(=O)O)CCCN1c1cc(Br)c(F)cc1[N+](=O)[O-]. The van der Waals surface area contributed by atoms with Crippen molar-refractivity contribution >= 4 is 33.3 Å². The highest BCUT2D eigenvalue weighted by Crippen LogP contribution is 2.42. The number of carboxylic acid groups (broad SMARTS) is 1. The Morgan fingerprint density at radius 3 is 2.81 bits per heavy atom. The van der Waals surface area contributed by atoms with Gasteiger partial charge in [0, 0.05) is 6.54 Å². The van der Waals surface area contributed by atoms with E-state index in [9.17, 15) is 24.4 Å². The smallest absolute Gasteiger partial charge is 0.329 e. The number of carbonyl (C=O) groups is 1. The third-order valence-corrected chi connectivity index (χ3v) is 4.58. The summed E-state index contributed by atoms with van der Waals surface area (Å²) in [7, 11) is 0. The molecule has 6 nitrogen and oxygen atoms in total. The maximum atomic E-state index is 13.6. The average Bonchev–Trinajstić information content (AvgIpc) is 2.86. The van der Waals surface area contributed by atoms with E-state index in [-0.39, 0.29) is 10.2 Å². The molecule has 0 bridgehead atoms. The Bertz CT molecular complexity index is 610. The second-order valence-electron chi connectivity index (χ2n) is 4.96. The van der Waals surface area contributed by atoms with Crippen molar-refractivity contribution in [1.82, 2.24) is 0 Å². The maximum absolute atomic E-state index is 13.6. The van der Waals surface area contributed by atoms with E-state index in [1.807, 2.05) is 0 Å². The lowest BCUT2D eigenvalue weighted by Gasteiger charge is -2.35. The minimum atomic E-state index is -1.18. The van der Waals surface area contributed by atoms with Gasteiger partial charge in [-0.05, 0) is 41.3 Å². The first-order valence-electron chi connectivity index (χ1n) is 6.48. The van der Waals surface area contributed by atoms with E-state index in [0.717, 1.165) is 6.07 Å². The van der Waals surface area contributed by atoms with Crippen LogP contribution in [0.25, 0.3) is 0 Å². The van der Waals surface area contributed by atoms with Crippen LogP contribution >= 0.6 is 15.9 Å². The van der Waals surface area contributed by atoms with Gasteiger partial charge in [0.25, 0.3) is 5.69 Å². The van der Waals surface area contributed by atoms with E-state index in [4.69, 9.17) is 0 Å². The summed E-state index contributed by atoms with van der Waals surface area (Å²) in [4.78, 5) is 23.7. The Hall–Kier alpha value is -1.70. The third kappa shape index (κ3) is 2.48. The molecule has 1 unspecified atom stereocenters. The zero-order valence-electron chi connectivity index (χ0n) is 11.3. The fourth-order valence-electron chi connectivity index (χ4n) is 2.86. The summed E-state index contributed by atoms with van der Waals surface area (Å²) in [5.74, 6) is -1.76. The molecule has 114 valence electrons. The van der Waals surface area contributed by atoms with E-state index in [1.165, 1.54) is 11.0 Å². The van der Waals surface area contributed by atoms with Crippen molar-refractivity contribution in [2.45, 2.75) is 31.7 Å². The number of aliphatic carboxylic acids is 1. The van der Waals surface area contributed by atoms with Crippen molar-refractivity contribution in [1.29, 1.82) is 0 Å². The number of anilines is 1. The summed E-state index contributed by atoms with van der Waals surface area (Å²) < 4.78 is 13.6. The van der Waals surface area contributed by atoms with Gasteiger partial charge < -0.3 is 10.0 Å². The van der Waals surface area contributed by atoms with Crippen molar-refractivity contribution in [3.05, 3.63) is 32.5 Å². The standard InChI is InChI=1S/C13H14BrFN2O4/c1-2-13(12(18)19)4-3-5-16(13)10-6-8(14)9(15)7-11(10)17(20)21/h6-7H,2-5H2,1H3,(H,18,19). The van der Waals surface area contributed by atoms with Gasteiger partial charge in [-0.2, -0.15) is 0 Å². The molecule has 1 saturated heterocycles. The fourth-order valence-corrected chi connectivity index (χ4v) is 3.19. The normalized spacial score (nSPS) is 21.6. The zero-order valence-corrected chi connectivity index (χ0v) is 12.9. The number of hydrogen-bond donors (Lipinski definition) is 1. The lowest BCUT2D eigenvalue weighted by atomic mass is 9.92. The molecule has 21 heavy (non-hydrogen) atoms. The monoisotopic (exact) mass is 360 g/mol. The van der Waals surface area contributed by atoms with Crippen LogP contribution in [0.5, 0.6) is 0 Å². The molecule has 1 aliphatic heterocycles. The molecule has 1 atom stereocenters. The summed E-state index contributed by atoms with van der Waals surface area (Å²) in [6, 6.07) is 2.10. The number of rotatable bonds is 4. The summed E-state index contributed by atoms with van der Waals surface area (Å²) in [5, 5.41) is 20.7. The average molecular weight is 361 g/mol. The van der Waals surface area contributed by atoms with Crippen LogP contribution in [-0.4, -0.2) is 28.1 Å². The van der Waals surface area contributed by atoms with Gasteiger partial charge in [-0.1, -0.05) is 6.92 Å². The first kappa shape index (κ1) is 15.7. The molecule has 1 fully saturated rings.